The van der Waals surface area contributed by atoms with Crippen LogP contribution >= 0.6 is 0 Å². The Balaban J connectivity index is 3.09. The molecule has 0 spiro atoms. The summed E-state index contributed by atoms with van der Waals surface area (Å²) in [6.07, 6.45) is 0. The summed E-state index contributed by atoms with van der Waals surface area (Å²) in [5.41, 5.74) is -12.1. The molecule has 0 atom stereocenters. The highest BCUT2D eigenvalue weighted by Gasteiger charge is 2.54. The van der Waals surface area contributed by atoms with Gasteiger partial charge in [0.05, 0.1) is 19.8 Å². The average Bonchev–Trinajstić information content (AvgIpc) is 2.53. The van der Waals surface area contributed by atoms with Crippen LogP contribution in [0.5, 0.6) is 0 Å². The number of rotatable bonds is 5. The second kappa shape index (κ2) is 8.37. The van der Waals surface area contributed by atoms with Gasteiger partial charge in [-0.25, -0.2) is 9.03 Å². The van der Waals surface area contributed by atoms with E-state index in [0.717, 1.165) is 0 Å². The van der Waals surface area contributed by atoms with Gasteiger partial charge < -0.3 is 4.74 Å². The molecule has 1 aliphatic rings. The van der Waals surface area contributed by atoms with Crippen LogP contribution in [0.3, 0.4) is 0 Å². The molecule has 0 aromatic rings. The molecular weight excluding hydrogens is 452 g/mol. The van der Waals surface area contributed by atoms with Crippen molar-refractivity contribution in [3.05, 3.63) is 0 Å². The molecule has 0 bridgehead atoms. The van der Waals surface area contributed by atoms with E-state index in [4.69, 9.17) is 4.74 Å². The normalized spacial score (nSPS) is 17.2. The highest BCUT2D eigenvalue weighted by Crippen LogP contribution is 2.27. The van der Waals surface area contributed by atoms with Crippen LogP contribution in [0.15, 0.2) is 0 Å². The van der Waals surface area contributed by atoms with Gasteiger partial charge >= 0.3 is 42.9 Å². The summed E-state index contributed by atoms with van der Waals surface area (Å²) < 4.78 is 124. The monoisotopic (exact) mass is 465 g/mol. The summed E-state index contributed by atoms with van der Waals surface area (Å²) >= 11 is 0. The molecule has 0 unspecified atom stereocenters. The summed E-state index contributed by atoms with van der Waals surface area (Å²) in [5.74, 6) is -5.36. The molecule has 10 nitrogen and oxygen atoms in total. The highest BCUT2D eigenvalue weighted by molar-refractivity contribution is 7.91. The summed E-state index contributed by atoms with van der Waals surface area (Å²) in [6, 6.07) is 0. The van der Waals surface area contributed by atoms with Crippen molar-refractivity contribution in [2.45, 2.75) is 11.0 Å². The zero-order valence-corrected chi connectivity index (χ0v) is 15.2. The molecular formula is C10H13F6N3O7S2. The molecule has 0 aromatic heterocycles. The number of hydrogen-bond acceptors (Lipinski definition) is 8. The molecule has 1 saturated heterocycles. The van der Waals surface area contributed by atoms with Crippen LogP contribution in [0.2, 0.25) is 0 Å². The number of carbonyl (C=O) groups is 2. The summed E-state index contributed by atoms with van der Waals surface area (Å²) in [4.78, 5) is 24.6. The predicted octanol–water partition coefficient (Wildman–Crippen LogP) is -1.04. The lowest BCUT2D eigenvalue weighted by molar-refractivity contribution is -0.142. The van der Waals surface area contributed by atoms with E-state index in [-0.39, 0.29) is 31.0 Å². The minimum Gasteiger partial charge on any atom is -0.379 e. The predicted molar refractivity (Wildman–Crippen MR) is 77.1 cm³/mol. The number of morpholine rings is 1. The molecule has 2 amide bonds. The fourth-order valence-corrected chi connectivity index (χ4v) is 3.17. The molecule has 18 heteroatoms. The van der Waals surface area contributed by atoms with E-state index in [9.17, 15) is 52.8 Å². The standard InChI is InChI=1S/C10H13F6N3O7S2/c11-9(12,13)27(22,23)17-7(20)8(21)19(28(24,25)10(14,15)16)2-1-18-3-5-26-6-4-18/h1-6H2,(H,17,20). The van der Waals surface area contributed by atoms with Gasteiger partial charge in [0.2, 0.25) is 0 Å². The quantitative estimate of drug-likeness (QED) is 0.403. The molecule has 1 N–H and O–H groups in total. The SMILES string of the molecule is O=C(NS(=O)(=O)C(F)(F)F)C(=O)N(CCN1CCOCC1)S(=O)(=O)C(F)(F)F. The van der Waals surface area contributed by atoms with Crippen LogP contribution < -0.4 is 4.72 Å². The lowest BCUT2D eigenvalue weighted by Gasteiger charge is -2.29. The Morgan fingerprint density at radius 1 is 0.964 bits per heavy atom. The van der Waals surface area contributed by atoms with Gasteiger partial charge in [-0.3, -0.25) is 14.5 Å². The van der Waals surface area contributed by atoms with Crippen molar-refractivity contribution in [1.29, 1.82) is 0 Å². The van der Waals surface area contributed by atoms with Crippen molar-refractivity contribution in [2.24, 2.45) is 0 Å². The topological polar surface area (TPSA) is 130 Å². The van der Waals surface area contributed by atoms with E-state index < -0.39 is 60.3 Å². The van der Waals surface area contributed by atoms with Gasteiger partial charge in [0.25, 0.3) is 0 Å². The zero-order chi connectivity index (χ0) is 22.0. The highest BCUT2D eigenvalue weighted by atomic mass is 32.2. The Bertz CT molecular complexity index is 802. The lowest BCUT2D eigenvalue weighted by Crippen LogP contribution is -2.54. The first-order chi connectivity index (χ1) is 12.5. The van der Waals surface area contributed by atoms with Gasteiger partial charge in [-0.05, 0) is 0 Å². The van der Waals surface area contributed by atoms with Gasteiger partial charge in [0.15, 0.2) is 0 Å². The third kappa shape index (κ3) is 5.67. The van der Waals surface area contributed by atoms with Crippen molar-refractivity contribution in [3.63, 3.8) is 0 Å². The largest absolute Gasteiger partial charge is 0.516 e. The first-order valence-corrected chi connectivity index (χ1v) is 9.99. The van der Waals surface area contributed by atoms with Crippen molar-refractivity contribution in [1.82, 2.24) is 13.9 Å². The Hall–Kier alpha value is -1.66. The van der Waals surface area contributed by atoms with E-state index >= 15 is 0 Å². The smallest absolute Gasteiger partial charge is 0.379 e. The fraction of sp³-hybridized carbons (Fsp3) is 0.800. The van der Waals surface area contributed by atoms with E-state index in [2.05, 4.69) is 0 Å². The maximum Gasteiger partial charge on any atom is 0.516 e. The van der Waals surface area contributed by atoms with E-state index in [1.54, 1.807) is 0 Å². The summed E-state index contributed by atoms with van der Waals surface area (Å²) in [5, 5.41) is 0. The fourth-order valence-electron chi connectivity index (χ4n) is 1.85. The molecule has 164 valence electrons. The summed E-state index contributed by atoms with van der Waals surface area (Å²) in [7, 11) is -12.9. The minimum atomic E-state index is -6.49. The zero-order valence-electron chi connectivity index (χ0n) is 13.6. The number of ether oxygens (including phenoxy) is 1. The number of nitrogens with one attached hydrogen (secondary N) is 1. The third-order valence-electron chi connectivity index (χ3n) is 3.26. The van der Waals surface area contributed by atoms with Crippen LogP contribution in [-0.2, 0) is 34.4 Å². The molecule has 1 aliphatic heterocycles. The molecule has 1 rings (SSSR count). The van der Waals surface area contributed by atoms with Crippen LogP contribution in [0.25, 0.3) is 0 Å². The molecule has 0 radical (unpaired) electrons. The number of amides is 2. The van der Waals surface area contributed by atoms with Gasteiger partial charge in [0, 0.05) is 19.6 Å². The maximum absolute atomic E-state index is 12.8. The molecule has 0 aliphatic carbocycles. The Labute approximate surface area is 154 Å². The number of halogens is 6. The Kier molecular flexibility index (Phi) is 7.29. The van der Waals surface area contributed by atoms with Gasteiger partial charge in [-0.15, -0.1) is 0 Å². The molecule has 0 saturated carbocycles. The first-order valence-electron chi connectivity index (χ1n) is 7.07. The van der Waals surface area contributed by atoms with Crippen LogP contribution in [-0.4, -0.2) is 88.3 Å². The van der Waals surface area contributed by atoms with E-state index in [1.807, 2.05) is 0 Å². The average molecular weight is 465 g/mol. The van der Waals surface area contributed by atoms with E-state index in [0.29, 0.717) is 0 Å². The second-order valence-corrected chi connectivity index (χ2v) is 8.69. The van der Waals surface area contributed by atoms with Crippen molar-refractivity contribution in [3.8, 4) is 0 Å². The Morgan fingerprint density at radius 2 is 1.46 bits per heavy atom. The minimum absolute atomic E-state index is 0.142. The molecule has 28 heavy (non-hydrogen) atoms. The van der Waals surface area contributed by atoms with Crippen LogP contribution in [0, 0.1) is 0 Å². The maximum atomic E-state index is 12.8. The lowest BCUT2D eigenvalue weighted by atomic mass is 10.4. The van der Waals surface area contributed by atoms with Crippen LogP contribution in [0.1, 0.15) is 0 Å². The van der Waals surface area contributed by atoms with Gasteiger partial charge in [-0.1, -0.05) is 0 Å². The van der Waals surface area contributed by atoms with Gasteiger partial charge in [0.1, 0.15) is 0 Å². The van der Waals surface area contributed by atoms with E-state index in [1.165, 1.54) is 4.90 Å². The Morgan fingerprint density at radius 3 is 1.89 bits per heavy atom. The van der Waals surface area contributed by atoms with Crippen molar-refractivity contribution in [2.75, 3.05) is 39.4 Å². The number of alkyl halides is 6. The van der Waals surface area contributed by atoms with Gasteiger partial charge in [-0.2, -0.15) is 43.2 Å². The molecule has 0 aromatic carbocycles. The van der Waals surface area contributed by atoms with Crippen molar-refractivity contribution < 1.29 is 57.5 Å². The molecule has 1 fully saturated rings. The first kappa shape index (κ1) is 24.4. The van der Waals surface area contributed by atoms with Crippen LogP contribution in [0.4, 0.5) is 26.3 Å². The number of hydrogen-bond donors (Lipinski definition) is 1. The number of nitrogens with zero attached hydrogens (tertiary/aromatic N) is 2. The number of sulfonamides is 2. The molecule has 1 heterocycles. The number of carbonyl (C=O) groups excluding carboxylic acids is 2. The van der Waals surface area contributed by atoms with Crippen molar-refractivity contribution >= 4 is 31.9 Å². The second-order valence-electron chi connectivity index (χ2n) is 5.16. The third-order valence-corrected chi connectivity index (χ3v) is 5.84. The summed E-state index contributed by atoms with van der Waals surface area (Å²) in [6.45, 7) is -1.20.